The van der Waals surface area contributed by atoms with Crippen LogP contribution < -0.4 is 5.32 Å². The molecule has 0 fully saturated rings. The summed E-state index contributed by atoms with van der Waals surface area (Å²) in [6.07, 6.45) is 0.103. The lowest BCUT2D eigenvalue weighted by Gasteiger charge is -2.17. The third-order valence-electron chi connectivity index (χ3n) is 2.31. The fourth-order valence-corrected chi connectivity index (χ4v) is 1.52. The molecule has 90 valence electrons. The molecule has 0 aliphatic rings. The predicted molar refractivity (Wildman–Crippen MR) is 65.6 cm³/mol. The first-order chi connectivity index (χ1) is 7.88. The van der Waals surface area contributed by atoms with Crippen LogP contribution in [0.5, 0.6) is 0 Å². The Morgan fingerprint density at radius 1 is 1.19 bits per heavy atom. The Morgan fingerprint density at radius 2 is 1.94 bits per heavy atom. The van der Waals surface area contributed by atoms with E-state index in [1.165, 1.54) is 5.56 Å². The van der Waals surface area contributed by atoms with E-state index in [0.717, 1.165) is 13.2 Å². The second-order valence-corrected chi connectivity index (χ2v) is 3.52. The molecule has 1 aromatic carbocycles. The summed E-state index contributed by atoms with van der Waals surface area (Å²) < 4.78 is 11.0. The molecule has 3 nitrogen and oxygen atoms in total. The Labute approximate surface area is 97.8 Å². The van der Waals surface area contributed by atoms with E-state index in [1.54, 1.807) is 0 Å². The molecule has 0 heterocycles. The largest absolute Gasteiger partial charge is 0.379 e. The van der Waals surface area contributed by atoms with Gasteiger partial charge in [-0.3, -0.25) is 0 Å². The van der Waals surface area contributed by atoms with Gasteiger partial charge in [0, 0.05) is 13.2 Å². The van der Waals surface area contributed by atoms with E-state index in [0.29, 0.717) is 13.2 Å². The average molecular weight is 223 g/mol. The Kier molecular flexibility index (Phi) is 6.81. The van der Waals surface area contributed by atoms with Crippen LogP contribution in [0.15, 0.2) is 30.3 Å². The lowest BCUT2D eigenvalue weighted by Crippen LogP contribution is -2.21. The smallest absolute Gasteiger partial charge is 0.0950 e. The molecule has 0 saturated heterocycles. The van der Waals surface area contributed by atoms with Crippen LogP contribution in [-0.4, -0.2) is 33.4 Å². The number of nitrogens with one attached hydrogen (secondary N) is 1. The topological polar surface area (TPSA) is 30.5 Å². The number of likely N-dealkylation sites (N-methyl/N-ethyl adjacent to an activating group) is 1. The fourth-order valence-electron chi connectivity index (χ4n) is 1.52. The van der Waals surface area contributed by atoms with Gasteiger partial charge in [0.15, 0.2) is 0 Å². The van der Waals surface area contributed by atoms with Crippen LogP contribution in [0, 0.1) is 0 Å². The van der Waals surface area contributed by atoms with Crippen LogP contribution in [0.3, 0.4) is 0 Å². The van der Waals surface area contributed by atoms with Gasteiger partial charge in [0.1, 0.15) is 0 Å². The zero-order chi connectivity index (χ0) is 11.6. The average Bonchev–Trinajstić information content (AvgIpc) is 2.34. The molecule has 0 saturated carbocycles. The second-order valence-electron chi connectivity index (χ2n) is 3.52. The predicted octanol–water partition coefficient (Wildman–Crippen LogP) is 2.00. The Morgan fingerprint density at radius 3 is 2.56 bits per heavy atom. The summed E-state index contributed by atoms with van der Waals surface area (Å²) in [5, 5.41) is 3.14. The maximum Gasteiger partial charge on any atom is 0.0950 e. The summed E-state index contributed by atoms with van der Waals surface area (Å²) in [6.45, 7) is 4.84. The third kappa shape index (κ3) is 4.75. The first-order valence-electron chi connectivity index (χ1n) is 5.77. The second kappa shape index (κ2) is 8.28. The summed E-state index contributed by atoms with van der Waals surface area (Å²) in [5.41, 5.74) is 1.20. The van der Waals surface area contributed by atoms with Crippen LogP contribution in [0.2, 0.25) is 0 Å². The Balaban J connectivity index is 2.41. The number of hydrogen-bond donors (Lipinski definition) is 1. The SMILES string of the molecule is CCOCCOC(CNC)c1ccccc1. The maximum absolute atomic E-state index is 5.78. The molecule has 3 heteroatoms. The monoisotopic (exact) mass is 223 g/mol. The number of benzene rings is 1. The van der Waals surface area contributed by atoms with Crippen molar-refractivity contribution < 1.29 is 9.47 Å². The molecule has 1 unspecified atom stereocenters. The molecule has 1 atom stereocenters. The molecule has 0 aliphatic carbocycles. The maximum atomic E-state index is 5.78. The van der Waals surface area contributed by atoms with Crippen molar-refractivity contribution in [2.45, 2.75) is 13.0 Å². The third-order valence-corrected chi connectivity index (χ3v) is 2.31. The van der Waals surface area contributed by atoms with Crippen LogP contribution >= 0.6 is 0 Å². The molecular weight excluding hydrogens is 202 g/mol. The van der Waals surface area contributed by atoms with Crippen molar-refractivity contribution in [3.05, 3.63) is 35.9 Å². The Hall–Kier alpha value is -0.900. The lowest BCUT2D eigenvalue weighted by atomic mass is 10.1. The van der Waals surface area contributed by atoms with Gasteiger partial charge in [-0.15, -0.1) is 0 Å². The van der Waals surface area contributed by atoms with Gasteiger partial charge in [0.25, 0.3) is 0 Å². The Bertz CT molecular complexity index is 264. The van der Waals surface area contributed by atoms with Gasteiger partial charge < -0.3 is 14.8 Å². The number of rotatable bonds is 8. The molecule has 0 aromatic heterocycles. The van der Waals surface area contributed by atoms with Crippen LogP contribution in [-0.2, 0) is 9.47 Å². The summed E-state index contributed by atoms with van der Waals surface area (Å²) in [6, 6.07) is 10.2. The van der Waals surface area contributed by atoms with Gasteiger partial charge in [0.2, 0.25) is 0 Å². The minimum absolute atomic E-state index is 0.103. The van der Waals surface area contributed by atoms with Crippen molar-refractivity contribution >= 4 is 0 Å². The van der Waals surface area contributed by atoms with Crippen molar-refractivity contribution in [2.24, 2.45) is 0 Å². The van der Waals surface area contributed by atoms with E-state index >= 15 is 0 Å². The van der Waals surface area contributed by atoms with Crippen LogP contribution in [0.1, 0.15) is 18.6 Å². The van der Waals surface area contributed by atoms with Gasteiger partial charge in [-0.05, 0) is 19.5 Å². The van der Waals surface area contributed by atoms with Crippen LogP contribution in [0.4, 0.5) is 0 Å². The number of hydrogen-bond acceptors (Lipinski definition) is 3. The first kappa shape index (κ1) is 13.2. The quantitative estimate of drug-likeness (QED) is 0.684. The normalized spacial score (nSPS) is 12.6. The summed E-state index contributed by atoms with van der Waals surface area (Å²) in [4.78, 5) is 0. The molecule has 1 rings (SSSR count). The minimum Gasteiger partial charge on any atom is -0.379 e. The molecule has 0 amide bonds. The van der Waals surface area contributed by atoms with E-state index in [-0.39, 0.29) is 6.10 Å². The number of ether oxygens (including phenoxy) is 2. The van der Waals surface area contributed by atoms with Gasteiger partial charge in [-0.1, -0.05) is 30.3 Å². The molecule has 16 heavy (non-hydrogen) atoms. The van der Waals surface area contributed by atoms with Gasteiger partial charge in [0.05, 0.1) is 19.3 Å². The van der Waals surface area contributed by atoms with E-state index in [9.17, 15) is 0 Å². The molecule has 0 radical (unpaired) electrons. The highest BCUT2D eigenvalue weighted by atomic mass is 16.5. The van der Waals surface area contributed by atoms with E-state index in [4.69, 9.17) is 9.47 Å². The van der Waals surface area contributed by atoms with E-state index in [1.807, 2.05) is 32.2 Å². The van der Waals surface area contributed by atoms with Crippen molar-refractivity contribution in [1.82, 2.24) is 5.32 Å². The first-order valence-corrected chi connectivity index (χ1v) is 5.77. The van der Waals surface area contributed by atoms with Crippen molar-refractivity contribution in [3.63, 3.8) is 0 Å². The zero-order valence-electron chi connectivity index (χ0n) is 10.1. The van der Waals surface area contributed by atoms with Crippen LogP contribution in [0.25, 0.3) is 0 Å². The summed E-state index contributed by atoms with van der Waals surface area (Å²) in [7, 11) is 1.93. The molecule has 1 aromatic rings. The standard InChI is InChI=1S/C13H21NO2/c1-3-15-9-10-16-13(11-14-2)12-7-5-4-6-8-12/h4-8,13-14H,3,9-11H2,1-2H3. The summed E-state index contributed by atoms with van der Waals surface area (Å²) in [5.74, 6) is 0. The van der Waals surface area contributed by atoms with Gasteiger partial charge in [-0.25, -0.2) is 0 Å². The van der Waals surface area contributed by atoms with Crippen molar-refractivity contribution in [1.29, 1.82) is 0 Å². The molecule has 0 aliphatic heterocycles. The highest BCUT2D eigenvalue weighted by Gasteiger charge is 2.09. The molecule has 0 spiro atoms. The van der Waals surface area contributed by atoms with Gasteiger partial charge in [-0.2, -0.15) is 0 Å². The van der Waals surface area contributed by atoms with E-state index < -0.39 is 0 Å². The molecule has 0 bridgehead atoms. The molecule has 1 N–H and O–H groups in total. The summed E-state index contributed by atoms with van der Waals surface area (Å²) >= 11 is 0. The zero-order valence-corrected chi connectivity index (χ0v) is 10.1. The highest BCUT2D eigenvalue weighted by Crippen LogP contribution is 2.15. The van der Waals surface area contributed by atoms with Gasteiger partial charge >= 0.3 is 0 Å². The fraction of sp³-hybridized carbons (Fsp3) is 0.538. The van der Waals surface area contributed by atoms with Crippen molar-refractivity contribution in [2.75, 3.05) is 33.4 Å². The molecular formula is C13H21NO2. The highest BCUT2D eigenvalue weighted by molar-refractivity contribution is 5.17. The van der Waals surface area contributed by atoms with E-state index in [2.05, 4.69) is 17.4 Å². The van der Waals surface area contributed by atoms with Crippen molar-refractivity contribution in [3.8, 4) is 0 Å². The minimum atomic E-state index is 0.103. The lowest BCUT2D eigenvalue weighted by molar-refractivity contribution is 0.00761.